The van der Waals surface area contributed by atoms with Gasteiger partial charge in [-0.05, 0) is 67.1 Å². The third-order valence-corrected chi connectivity index (χ3v) is 7.46. The lowest BCUT2D eigenvalue weighted by atomic mass is 9.78. The van der Waals surface area contributed by atoms with Crippen molar-refractivity contribution in [2.45, 2.75) is 38.5 Å². The van der Waals surface area contributed by atoms with E-state index >= 15 is 0 Å². The van der Waals surface area contributed by atoms with Crippen LogP contribution in [0.4, 0.5) is 5.69 Å². The number of thiophene rings is 1. The zero-order valence-corrected chi connectivity index (χ0v) is 18.2. The molecular formula is C24H30N2O2S. The molecular weight excluding hydrogens is 380 g/mol. The minimum Gasteiger partial charge on any atom is -0.465 e. The van der Waals surface area contributed by atoms with Crippen LogP contribution in [0.5, 0.6) is 0 Å². The molecule has 2 aliphatic rings. The first kappa shape index (κ1) is 20.2. The van der Waals surface area contributed by atoms with Gasteiger partial charge in [0.05, 0.1) is 7.11 Å². The minimum absolute atomic E-state index is 0.235. The van der Waals surface area contributed by atoms with Crippen LogP contribution in [-0.4, -0.2) is 38.1 Å². The molecule has 4 rings (SSSR count). The molecule has 1 aliphatic heterocycles. The van der Waals surface area contributed by atoms with Gasteiger partial charge in [-0.1, -0.05) is 31.4 Å². The molecule has 2 N–H and O–H groups in total. The third kappa shape index (κ3) is 4.26. The number of hydrogen-bond acceptors (Lipinski definition) is 5. The number of anilines is 1. The van der Waals surface area contributed by atoms with Gasteiger partial charge in [0, 0.05) is 29.2 Å². The van der Waals surface area contributed by atoms with Crippen LogP contribution in [0.15, 0.2) is 35.9 Å². The molecule has 0 spiro atoms. The molecule has 1 saturated carbocycles. The predicted molar refractivity (Wildman–Crippen MR) is 121 cm³/mol. The van der Waals surface area contributed by atoms with E-state index < -0.39 is 0 Å². The summed E-state index contributed by atoms with van der Waals surface area (Å²) in [4.78, 5) is 16.9. The van der Waals surface area contributed by atoms with Gasteiger partial charge in [0.1, 0.15) is 4.88 Å². The van der Waals surface area contributed by atoms with Crippen molar-refractivity contribution in [3.8, 4) is 10.4 Å². The Labute approximate surface area is 177 Å². The molecule has 4 nitrogen and oxygen atoms in total. The standard InChI is InChI=1S/C24H30N2O2S/c1-26-13-12-19(21(15-26)16-6-4-3-5-7-16)20-14-22(29-23(20)24(27)28-2)17-8-10-18(25)11-9-17/h8-11,14,16H,3-7,12-13,15,25H2,1-2H3. The van der Waals surface area contributed by atoms with Crippen molar-refractivity contribution in [3.05, 3.63) is 46.3 Å². The van der Waals surface area contributed by atoms with E-state index in [-0.39, 0.29) is 5.97 Å². The molecule has 2 aromatic rings. The predicted octanol–water partition coefficient (Wildman–Crippen LogP) is 5.45. The number of nitrogens with zero attached hydrogens (tertiary/aromatic N) is 1. The van der Waals surface area contributed by atoms with Gasteiger partial charge in [0.15, 0.2) is 0 Å². The van der Waals surface area contributed by atoms with Gasteiger partial charge in [0.2, 0.25) is 0 Å². The summed E-state index contributed by atoms with van der Waals surface area (Å²) in [7, 11) is 3.67. The van der Waals surface area contributed by atoms with E-state index in [9.17, 15) is 4.79 Å². The largest absolute Gasteiger partial charge is 0.465 e. The number of nitrogen functional groups attached to an aromatic ring is 1. The molecule has 5 heteroatoms. The Kier molecular flexibility index (Phi) is 6.07. The highest BCUT2D eigenvalue weighted by molar-refractivity contribution is 7.17. The second-order valence-corrected chi connectivity index (χ2v) is 9.35. The molecule has 1 aromatic carbocycles. The maximum Gasteiger partial charge on any atom is 0.348 e. The van der Waals surface area contributed by atoms with Crippen molar-refractivity contribution in [2.24, 2.45) is 5.92 Å². The number of hydrogen-bond donors (Lipinski definition) is 1. The summed E-state index contributed by atoms with van der Waals surface area (Å²) in [5.74, 6) is 0.410. The summed E-state index contributed by atoms with van der Waals surface area (Å²) in [5.41, 5.74) is 11.7. The third-order valence-electron chi connectivity index (χ3n) is 6.29. The van der Waals surface area contributed by atoms with Gasteiger partial charge in [0.25, 0.3) is 0 Å². The van der Waals surface area contributed by atoms with E-state index in [1.807, 2.05) is 24.3 Å². The lowest BCUT2D eigenvalue weighted by Crippen LogP contribution is -2.31. The van der Waals surface area contributed by atoms with E-state index in [1.54, 1.807) is 5.57 Å². The first-order chi connectivity index (χ1) is 14.1. The van der Waals surface area contributed by atoms with Crippen molar-refractivity contribution < 1.29 is 9.53 Å². The molecule has 29 heavy (non-hydrogen) atoms. The van der Waals surface area contributed by atoms with E-state index in [4.69, 9.17) is 10.5 Å². The van der Waals surface area contributed by atoms with Gasteiger partial charge < -0.3 is 15.4 Å². The van der Waals surface area contributed by atoms with Crippen molar-refractivity contribution in [3.63, 3.8) is 0 Å². The van der Waals surface area contributed by atoms with Crippen molar-refractivity contribution in [1.82, 2.24) is 4.90 Å². The molecule has 1 aliphatic carbocycles. The van der Waals surface area contributed by atoms with Crippen LogP contribution < -0.4 is 5.73 Å². The van der Waals surface area contributed by atoms with Crippen molar-refractivity contribution in [1.29, 1.82) is 0 Å². The number of benzene rings is 1. The maximum absolute atomic E-state index is 12.7. The molecule has 0 saturated heterocycles. The molecule has 2 heterocycles. The van der Waals surface area contributed by atoms with E-state index in [1.165, 1.54) is 56.1 Å². The van der Waals surface area contributed by atoms with Crippen LogP contribution >= 0.6 is 11.3 Å². The summed E-state index contributed by atoms with van der Waals surface area (Å²) in [6.45, 7) is 2.03. The van der Waals surface area contributed by atoms with Crippen LogP contribution in [0.2, 0.25) is 0 Å². The highest BCUT2D eigenvalue weighted by atomic mass is 32.1. The average molecular weight is 411 g/mol. The van der Waals surface area contributed by atoms with E-state index in [0.717, 1.165) is 46.1 Å². The first-order valence-electron chi connectivity index (χ1n) is 10.6. The second kappa shape index (κ2) is 8.72. The van der Waals surface area contributed by atoms with Crippen LogP contribution in [0, 0.1) is 5.92 Å². The molecule has 0 bridgehead atoms. The second-order valence-electron chi connectivity index (χ2n) is 8.29. The number of rotatable bonds is 4. The number of methoxy groups -OCH3 is 1. The zero-order chi connectivity index (χ0) is 20.4. The molecule has 154 valence electrons. The maximum atomic E-state index is 12.7. The topological polar surface area (TPSA) is 55.6 Å². The number of likely N-dealkylation sites (N-methyl/N-ethyl adjacent to an activating group) is 1. The van der Waals surface area contributed by atoms with Crippen molar-refractivity contribution >= 4 is 28.6 Å². The summed E-state index contributed by atoms with van der Waals surface area (Å²) in [5, 5.41) is 0. The molecule has 0 amide bonds. The van der Waals surface area contributed by atoms with Gasteiger partial charge in [-0.2, -0.15) is 0 Å². The molecule has 0 unspecified atom stereocenters. The average Bonchev–Trinajstić information content (AvgIpc) is 3.19. The monoisotopic (exact) mass is 410 g/mol. The molecule has 1 aromatic heterocycles. The fraction of sp³-hybridized carbons (Fsp3) is 0.458. The van der Waals surface area contributed by atoms with Crippen LogP contribution in [0.25, 0.3) is 16.0 Å². The Morgan fingerprint density at radius 2 is 1.90 bits per heavy atom. The highest BCUT2D eigenvalue weighted by Crippen LogP contribution is 2.43. The number of carbonyl (C=O) groups is 1. The van der Waals surface area contributed by atoms with E-state index in [2.05, 4.69) is 18.0 Å². The lowest BCUT2D eigenvalue weighted by Gasteiger charge is -2.34. The highest BCUT2D eigenvalue weighted by Gasteiger charge is 2.29. The lowest BCUT2D eigenvalue weighted by molar-refractivity contribution is 0.0606. The Morgan fingerprint density at radius 3 is 2.59 bits per heavy atom. The van der Waals surface area contributed by atoms with E-state index in [0.29, 0.717) is 5.92 Å². The Balaban J connectivity index is 1.82. The fourth-order valence-corrected chi connectivity index (χ4v) is 5.82. The van der Waals surface area contributed by atoms with Gasteiger partial charge in [-0.25, -0.2) is 4.79 Å². The minimum atomic E-state index is -0.235. The van der Waals surface area contributed by atoms with Gasteiger partial charge in [-0.3, -0.25) is 0 Å². The van der Waals surface area contributed by atoms with Gasteiger partial charge in [-0.15, -0.1) is 11.3 Å². The Hall–Kier alpha value is -2.11. The van der Waals surface area contributed by atoms with Crippen LogP contribution in [0.3, 0.4) is 0 Å². The Bertz CT molecular complexity index is 907. The van der Waals surface area contributed by atoms with Crippen LogP contribution in [-0.2, 0) is 4.74 Å². The van der Waals surface area contributed by atoms with Crippen molar-refractivity contribution in [2.75, 3.05) is 33.0 Å². The summed E-state index contributed by atoms with van der Waals surface area (Å²) >= 11 is 1.53. The summed E-state index contributed by atoms with van der Waals surface area (Å²) in [6.07, 6.45) is 7.52. The number of ether oxygens (including phenoxy) is 1. The number of carbonyl (C=O) groups excluding carboxylic acids is 1. The van der Waals surface area contributed by atoms with Gasteiger partial charge >= 0.3 is 5.97 Å². The fourth-order valence-electron chi connectivity index (χ4n) is 4.71. The van der Waals surface area contributed by atoms with Crippen LogP contribution in [0.1, 0.15) is 53.8 Å². The molecule has 0 radical (unpaired) electrons. The normalized spacial score (nSPS) is 18.8. The smallest absolute Gasteiger partial charge is 0.348 e. The Morgan fingerprint density at radius 1 is 1.17 bits per heavy atom. The zero-order valence-electron chi connectivity index (χ0n) is 17.4. The molecule has 0 atom stereocenters. The number of nitrogens with two attached hydrogens (primary N) is 1. The molecule has 1 fully saturated rings. The summed E-state index contributed by atoms with van der Waals surface area (Å²) < 4.78 is 5.16. The first-order valence-corrected chi connectivity index (χ1v) is 11.4. The quantitative estimate of drug-likeness (QED) is 0.538. The SMILES string of the molecule is COC(=O)c1sc(-c2ccc(N)cc2)cc1C1=C(C2CCCCC2)CN(C)CC1. The number of esters is 1. The summed E-state index contributed by atoms with van der Waals surface area (Å²) in [6, 6.07) is 10.1.